The van der Waals surface area contributed by atoms with E-state index in [9.17, 15) is 10.2 Å². The van der Waals surface area contributed by atoms with Crippen LogP contribution in [0.3, 0.4) is 0 Å². The molecule has 0 heterocycles. The summed E-state index contributed by atoms with van der Waals surface area (Å²) in [5.41, 5.74) is 2.21. The summed E-state index contributed by atoms with van der Waals surface area (Å²) in [6, 6.07) is 13.6. The number of hydrogen-bond acceptors (Lipinski definition) is 4. The summed E-state index contributed by atoms with van der Waals surface area (Å²) in [5, 5.41) is 18.6. The molecule has 2 aromatic carbocycles. The van der Waals surface area contributed by atoms with Crippen LogP contribution in [0.1, 0.15) is 23.6 Å². The Kier molecular flexibility index (Phi) is 6.62. The molecule has 0 aliphatic rings. The SMILES string of the molecule is COc1cc(C=Cc2ccc([CH]C(C)([CH]O)CO)cc2)cc(OC)c1. The van der Waals surface area contributed by atoms with Crippen molar-refractivity contribution in [3.8, 4) is 11.5 Å². The van der Waals surface area contributed by atoms with Crippen molar-refractivity contribution in [1.82, 2.24) is 0 Å². The van der Waals surface area contributed by atoms with Gasteiger partial charge in [0.15, 0.2) is 0 Å². The maximum atomic E-state index is 9.34. The van der Waals surface area contributed by atoms with Crippen molar-refractivity contribution in [2.75, 3.05) is 20.8 Å². The van der Waals surface area contributed by atoms with Crippen molar-refractivity contribution in [3.63, 3.8) is 0 Å². The van der Waals surface area contributed by atoms with E-state index in [0.29, 0.717) is 0 Å². The number of rotatable bonds is 8. The van der Waals surface area contributed by atoms with Crippen LogP contribution in [0.2, 0.25) is 0 Å². The van der Waals surface area contributed by atoms with Gasteiger partial charge in [-0.1, -0.05) is 43.3 Å². The van der Waals surface area contributed by atoms with Crippen LogP contribution in [0.5, 0.6) is 11.5 Å². The first-order chi connectivity index (χ1) is 12.0. The largest absolute Gasteiger partial charge is 0.497 e. The van der Waals surface area contributed by atoms with Crippen LogP contribution in [0.4, 0.5) is 0 Å². The van der Waals surface area contributed by atoms with Crippen LogP contribution in [-0.2, 0) is 0 Å². The molecular formula is C21H24O4. The van der Waals surface area contributed by atoms with Crippen molar-refractivity contribution in [3.05, 3.63) is 72.2 Å². The van der Waals surface area contributed by atoms with Gasteiger partial charge in [0, 0.05) is 17.9 Å². The number of ether oxygens (including phenoxy) is 2. The van der Waals surface area contributed by atoms with Crippen molar-refractivity contribution in [1.29, 1.82) is 0 Å². The van der Waals surface area contributed by atoms with Crippen molar-refractivity contribution in [2.24, 2.45) is 5.41 Å². The van der Waals surface area contributed by atoms with Gasteiger partial charge in [0.25, 0.3) is 0 Å². The van der Waals surface area contributed by atoms with Crippen molar-refractivity contribution < 1.29 is 19.7 Å². The van der Waals surface area contributed by atoms with E-state index in [4.69, 9.17) is 9.47 Å². The van der Waals surface area contributed by atoms with E-state index in [1.807, 2.05) is 61.0 Å². The zero-order valence-corrected chi connectivity index (χ0v) is 14.8. The lowest BCUT2D eigenvalue weighted by atomic mass is 9.85. The van der Waals surface area contributed by atoms with Crippen LogP contribution in [-0.4, -0.2) is 31.0 Å². The maximum absolute atomic E-state index is 9.34. The first kappa shape index (κ1) is 19.0. The number of methoxy groups -OCH3 is 2. The van der Waals surface area contributed by atoms with Gasteiger partial charge >= 0.3 is 0 Å². The monoisotopic (exact) mass is 340 g/mol. The Morgan fingerprint density at radius 2 is 1.40 bits per heavy atom. The summed E-state index contributed by atoms with van der Waals surface area (Å²) in [5.74, 6) is 1.49. The highest BCUT2D eigenvalue weighted by molar-refractivity contribution is 5.71. The molecule has 0 amide bonds. The molecule has 2 rings (SSSR count). The van der Waals surface area contributed by atoms with Crippen LogP contribution in [0.15, 0.2) is 42.5 Å². The predicted molar refractivity (Wildman–Crippen MR) is 99.7 cm³/mol. The van der Waals surface area contributed by atoms with E-state index in [1.54, 1.807) is 21.1 Å². The molecule has 1 atom stereocenters. The molecule has 0 aromatic heterocycles. The second-order valence-electron chi connectivity index (χ2n) is 6.08. The molecule has 4 nitrogen and oxygen atoms in total. The first-order valence-corrected chi connectivity index (χ1v) is 7.98. The summed E-state index contributed by atoms with van der Waals surface area (Å²) in [7, 11) is 3.25. The fourth-order valence-electron chi connectivity index (χ4n) is 2.33. The molecule has 25 heavy (non-hydrogen) atoms. The van der Waals surface area contributed by atoms with E-state index < -0.39 is 5.41 Å². The van der Waals surface area contributed by atoms with E-state index in [0.717, 1.165) is 34.8 Å². The Bertz CT molecular complexity index is 678. The van der Waals surface area contributed by atoms with Crippen molar-refractivity contribution in [2.45, 2.75) is 6.92 Å². The minimum atomic E-state index is -0.742. The average molecular weight is 340 g/mol. The smallest absolute Gasteiger partial charge is 0.123 e. The lowest BCUT2D eigenvalue weighted by Crippen LogP contribution is -2.23. The standard InChI is InChI=1S/C21H24O4/c1-21(14-22,15-23)13-17-7-4-16(5-8-17)6-9-18-10-19(24-2)12-20(11-18)25-3/h4-14,22-23H,15H2,1-3H3. The molecule has 132 valence electrons. The fraction of sp³-hybridized carbons (Fsp3) is 0.238. The van der Waals surface area contributed by atoms with Gasteiger partial charge in [-0.2, -0.15) is 0 Å². The highest BCUT2D eigenvalue weighted by Crippen LogP contribution is 2.27. The highest BCUT2D eigenvalue weighted by Gasteiger charge is 2.23. The third-order valence-electron chi connectivity index (χ3n) is 3.91. The molecule has 0 bridgehead atoms. The molecule has 2 radical (unpaired) electrons. The molecule has 2 aromatic rings. The van der Waals surface area contributed by atoms with Crippen LogP contribution in [0.25, 0.3) is 12.2 Å². The minimum absolute atomic E-state index is 0.150. The first-order valence-electron chi connectivity index (χ1n) is 7.98. The summed E-state index contributed by atoms with van der Waals surface area (Å²) in [4.78, 5) is 0. The van der Waals surface area contributed by atoms with Gasteiger partial charge in [-0.25, -0.2) is 0 Å². The number of hydrogen-bond donors (Lipinski definition) is 2. The second kappa shape index (κ2) is 8.70. The Morgan fingerprint density at radius 3 is 1.88 bits per heavy atom. The zero-order chi connectivity index (χ0) is 18.3. The van der Waals surface area contributed by atoms with Crippen LogP contribution >= 0.6 is 0 Å². The molecule has 4 heteroatoms. The molecular weight excluding hydrogens is 316 g/mol. The van der Waals surface area contributed by atoms with E-state index in [-0.39, 0.29) is 6.61 Å². The number of aliphatic hydroxyl groups excluding tert-OH is 2. The molecule has 0 saturated carbocycles. The Labute approximate surface area is 149 Å². The highest BCUT2D eigenvalue weighted by atomic mass is 16.5. The summed E-state index contributed by atoms with van der Waals surface area (Å²) in [6.45, 7) is 2.62. The van der Waals surface area contributed by atoms with Gasteiger partial charge in [0.2, 0.25) is 0 Å². The van der Waals surface area contributed by atoms with Crippen LogP contribution < -0.4 is 9.47 Å². The third kappa shape index (κ3) is 5.34. The van der Waals surface area contributed by atoms with Gasteiger partial charge < -0.3 is 19.7 Å². The normalized spacial score (nSPS) is 11.7. The van der Waals surface area contributed by atoms with Gasteiger partial charge in [-0.05, 0) is 28.8 Å². The van der Waals surface area contributed by atoms with Crippen LogP contribution in [0, 0.1) is 18.4 Å². The van der Waals surface area contributed by atoms with Gasteiger partial charge in [0.1, 0.15) is 11.5 Å². The van der Waals surface area contributed by atoms with E-state index >= 15 is 0 Å². The predicted octanol–water partition coefficient (Wildman–Crippen LogP) is 3.96. The van der Waals surface area contributed by atoms with Crippen molar-refractivity contribution >= 4 is 12.2 Å². The van der Waals surface area contributed by atoms with Gasteiger partial charge in [-0.3, -0.25) is 0 Å². The lowest BCUT2D eigenvalue weighted by Gasteiger charge is -2.23. The molecule has 0 spiro atoms. The average Bonchev–Trinajstić information content (AvgIpc) is 2.67. The molecule has 0 fully saturated rings. The zero-order valence-electron chi connectivity index (χ0n) is 14.8. The molecule has 0 aliphatic heterocycles. The third-order valence-corrected chi connectivity index (χ3v) is 3.91. The molecule has 2 N–H and O–H groups in total. The Balaban J connectivity index is 2.12. The Hall–Kier alpha value is -2.30. The quantitative estimate of drug-likeness (QED) is 0.714. The Morgan fingerprint density at radius 1 is 0.880 bits per heavy atom. The maximum Gasteiger partial charge on any atom is 0.123 e. The lowest BCUT2D eigenvalue weighted by molar-refractivity contribution is 0.147. The summed E-state index contributed by atoms with van der Waals surface area (Å²) in [6.07, 6.45) is 5.82. The number of benzene rings is 2. The molecule has 0 saturated heterocycles. The van der Waals surface area contributed by atoms with E-state index in [1.165, 1.54) is 0 Å². The number of aliphatic hydroxyl groups is 2. The second-order valence-corrected chi connectivity index (χ2v) is 6.08. The van der Waals surface area contributed by atoms with E-state index in [2.05, 4.69) is 0 Å². The minimum Gasteiger partial charge on any atom is -0.497 e. The van der Waals surface area contributed by atoms with Gasteiger partial charge in [-0.15, -0.1) is 0 Å². The van der Waals surface area contributed by atoms with Gasteiger partial charge in [0.05, 0.1) is 27.4 Å². The summed E-state index contributed by atoms with van der Waals surface area (Å²) >= 11 is 0. The summed E-state index contributed by atoms with van der Waals surface area (Å²) < 4.78 is 10.5. The topological polar surface area (TPSA) is 58.9 Å². The fourth-order valence-corrected chi connectivity index (χ4v) is 2.33. The molecule has 0 aliphatic carbocycles. The molecule has 1 unspecified atom stereocenters.